The van der Waals surface area contributed by atoms with Crippen molar-refractivity contribution < 1.29 is 15.0 Å². The molecule has 0 saturated carbocycles. The molecule has 0 aromatic carbocycles. The zero-order chi connectivity index (χ0) is 8.15. The Morgan fingerprint density at radius 2 is 2.10 bits per heavy atom. The highest BCUT2D eigenvalue weighted by Gasteiger charge is 2.03. The zero-order valence-corrected chi connectivity index (χ0v) is 6.00. The molecule has 0 aliphatic carbocycles. The van der Waals surface area contributed by atoms with Crippen molar-refractivity contribution in [3.05, 3.63) is 12.2 Å². The molecule has 10 heavy (non-hydrogen) atoms. The van der Waals surface area contributed by atoms with Crippen LogP contribution in [0.4, 0.5) is 0 Å². The summed E-state index contributed by atoms with van der Waals surface area (Å²) >= 11 is 0. The van der Waals surface area contributed by atoms with E-state index in [4.69, 9.17) is 10.2 Å². The van der Waals surface area contributed by atoms with Crippen molar-refractivity contribution in [1.82, 2.24) is 0 Å². The molecular formula is C7H12O3. The van der Waals surface area contributed by atoms with Gasteiger partial charge in [-0.1, -0.05) is 6.58 Å². The molecule has 0 aromatic rings. The number of aliphatic hydroxyl groups is 1. The third kappa shape index (κ3) is 4.09. The molecule has 1 atom stereocenters. The second kappa shape index (κ2) is 4.06. The van der Waals surface area contributed by atoms with E-state index < -0.39 is 12.1 Å². The van der Waals surface area contributed by atoms with Crippen LogP contribution in [0.15, 0.2) is 12.2 Å². The molecule has 1 unspecified atom stereocenters. The third-order valence-electron chi connectivity index (χ3n) is 1.25. The van der Waals surface area contributed by atoms with Gasteiger partial charge in [-0.3, -0.25) is 4.79 Å². The van der Waals surface area contributed by atoms with Gasteiger partial charge in [-0.25, -0.2) is 0 Å². The number of hydrogen-bond acceptors (Lipinski definition) is 2. The molecule has 0 saturated heterocycles. The Labute approximate surface area is 60.0 Å². The fourth-order valence-corrected chi connectivity index (χ4v) is 0.476. The standard InChI is InChI=1S/C7H12O3/c1-5(6(2)8)3-4-7(9)10/h6,8H,1,3-4H2,2H3,(H,9,10). The Bertz CT molecular complexity index is 138. The van der Waals surface area contributed by atoms with Crippen LogP contribution in [-0.4, -0.2) is 22.3 Å². The van der Waals surface area contributed by atoms with Crippen LogP contribution in [0, 0.1) is 0 Å². The maximum atomic E-state index is 10.0. The largest absolute Gasteiger partial charge is 0.481 e. The van der Waals surface area contributed by atoms with Gasteiger partial charge >= 0.3 is 5.97 Å². The molecule has 0 bridgehead atoms. The molecular weight excluding hydrogens is 132 g/mol. The minimum absolute atomic E-state index is 0.0454. The molecule has 2 N–H and O–H groups in total. The van der Waals surface area contributed by atoms with Crippen molar-refractivity contribution in [3.63, 3.8) is 0 Å². The van der Waals surface area contributed by atoms with Gasteiger partial charge < -0.3 is 10.2 Å². The number of aliphatic hydroxyl groups excluding tert-OH is 1. The van der Waals surface area contributed by atoms with Crippen LogP contribution in [-0.2, 0) is 4.79 Å². The number of carboxylic acids is 1. The molecule has 3 heteroatoms. The first-order valence-corrected chi connectivity index (χ1v) is 3.11. The highest BCUT2D eigenvalue weighted by molar-refractivity contribution is 5.67. The van der Waals surface area contributed by atoms with Crippen LogP contribution in [0.5, 0.6) is 0 Å². The predicted molar refractivity (Wildman–Crippen MR) is 37.7 cm³/mol. The van der Waals surface area contributed by atoms with E-state index in [0.717, 1.165) is 0 Å². The van der Waals surface area contributed by atoms with E-state index in [1.165, 1.54) is 0 Å². The van der Waals surface area contributed by atoms with Crippen LogP contribution in [0.3, 0.4) is 0 Å². The van der Waals surface area contributed by atoms with Crippen molar-refractivity contribution >= 4 is 5.97 Å². The second-order valence-electron chi connectivity index (χ2n) is 2.23. The summed E-state index contributed by atoms with van der Waals surface area (Å²) in [4.78, 5) is 10.0. The molecule has 0 aromatic heterocycles. The molecule has 0 rings (SSSR count). The van der Waals surface area contributed by atoms with Crippen molar-refractivity contribution in [2.75, 3.05) is 0 Å². The van der Waals surface area contributed by atoms with Gasteiger partial charge in [-0.15, -0.1) is 0 Å². The zero-order valence-electron chi connectivity index (χ0n) is 6.00. The molecule has 0 radical (unpaired) electrons. The van der Waals surface area contributed by atoms with Gasteiger partial charge in [0.25, 0.3) is 0 Å². The van der Waals surface area contributed by atoms with E-state index in [0.29, 0.717) is 12.0 Å². The number of hydrogen-bond donors (Lipinski definition) is 2. The van der Waals surface area contributed by atoms with Gasteiger partial charge in [-0.05, 0) is 18.9 Å². The van der Waals surface area contributed by atoms with Gasteiger partial charge in [0.15, 0.2) is 0 Å². The van der Waals surface area contributed by atoms with Crippen molar-refractivity contribution in [1.29, 1.82) is 0 Å². The number of aliphatic carboxylic acids is 1. The van der Waals surface area contributed by atoms with Crippen molar-refractivity contribution in [3.8, 4) is 0 Å². The molecule has 0 aliphatic heterocycles. The van der Waals surface area contributed by atoms with Crippen LogP contribution >= 0.6 is 0 Å². The Morgan fingerprint density at radius 3 is 2.40 bits per heavy atom. The first-order valence-electron chi connectivity index (χ1n) is 3.11. The Kier molecular flexibility index (Phi) is 3.72. The summed E-state index contributed by atoms with van der Waals surface area (Å²) in [7, 11) is 0. The smallest absolute Gasteiger partial charge is 0.303 e. The average Bonchev–Trinajstić information content (AvgIpc) is 1.82. The van der Waals surface area contributed by atoms with Crippen molar-refractivity contribution in [2.24, 2.45) is 0 Å². The summed E-state index contributed by atoms with van der Waals surface area (Å²) in [6.45, 7) is 5.09. The first kappa shape index (κ1) is 9.17. The topological polar surface area (TPSA) is 57.5 Å². The second-order valence-corrected chi connectivity index (χ2v) is 2.23. The summed E-state index contributed by atoms with van der Waals surface area (Å²) in [5.41, 5.74) is 0.572. The summed E-state index contributed by atoms with van der Waals surface area (Å²) in [5.74, 6) is -0.859. The van der Waals surface area contributed by atoms with Crippen LogP contribution < -0.4 is 0 Å². The highest BCUT2D eigenvalue weighted by atomic mass is 16.4. The minimum atomic E-state index is -0.859. The quantitative estimate of drug-likeness (QED) is 0.573. The summed E-state index contributed by atoms with van der Waals surface area (Å²) in [6.07, 6.45) is -0.198. The normalized spacial score (nSPS) is 12.6. The molecule has 0 aliphatic rings. The fraction of sp³-hybridized carbons (Fsp3) is 0.571. The molecule has 0 heterocycles. The molecule has 0 amide bonds. The third-order valence-corrected chi connectivity index (χ3v) is 1.25. The van der Waals surface area contributed by atoms with Crippen LogP contribution in [0.2, 0.25) is 0 Å². The number of carbonyl (C=O) groups is 1. The molecule has 0 fully saturated rings. The van der Waals surface area contributed by atoms with Gasteiger partial charge in [0.05, 0.1) is 6.10 Å². The van der Waals surface area contributed by atoms with Gasteiger partial charge in [0.1, 0.15) is 0 Å². The van der Waals surface area contributed by atoms with Gasteiger partial charge in [0.2, 0.25) is 0 Å². The minimum Gasteiger partial charge on any atom is -0.481 e. The van der Waals surface area contributed by atoms with Crippen molar-refractivity contribution in [2.45, 2.75) is 25.9 Å². The predicted octanol–water partition coefficient (Wildman–Crippen LogP) is 0.788. The van der Waals surface area contributed by atoms with E-state index in [1.807, 2.05) is 0 Å². The Morgan fingerprint density at radius 1 is 1.60 bits per heavy atom. The maximum Gasteiger partial charge on any atom is 0.303 e. The van der Waals surface area contributed by atoms with E-state index in [2.05, 4.69) is 6.58 Å². The molecule has 58 valence electrons. The highest BCUT2D eigenvalue weighted by Crippen LogP contribution is 2.06. The fourth-order valence-electron chi connectivity index (χ4n) is 0.476. The lowest BCUT2D eigenvalue weighted by molar-refractivity contribution is -0.136. The maximum absolute atomic E-state index is 10.0. The first-order chi connectivity index (χ1) is 4.54. The Balaban J connectivity index is 3.50. The number of rotatable bonds is 4. The summed E-state index contributed by atoms with van der Waals surface area (Å²) in [6, 6.07) is 0. The van der Waals surface area contributed by atoms with Gasteiger partial charge in [-0.2, -0.15) is 0 Å². The van der Waals surface area contributed by atoms with Crippen LogP contribution in [0.25, 0.3) is 0 Å². The monoisotopic (exact) mass is 144 g/mol. The van der Waals surface area contributed by atoms with E-state index in [-0.39, 0.29) is 6.42 Å². The summed E-state index contributed by atoms with van der Waals surface area (Å²) in [5, 5.41) is 17.1. The Hall–Kier alpha value is -0.830. The lowest BCUT2D eigenvalue weighted by Crippen LogP contribution is -2.05. The lowest BCUT2D eigenvalue weighted by Gasteiger charge is -2.05. The molecule has 0 spiro atoms. The molecule has 3 nitrogen and oxygen atoms in total. The summed E-state index contributed by atoms with van der Waals surface area (Å²) < 4.78 is 0. The van der Waals surface area contributed by atoms with E-state index in [9.17, 15) is 4.79 Å². The average molecular weight is 144 g/mol. The van der Waals surface area contributed by atoms with E-state index >= 15 is 0 Å². The lowest BCUT2D eigenvalue weighted by atomic mass is 10.1. The number of carboxylic acid groups (broad SMARTS) is 1. The SMILES string of the molecule is C=C(CCC(=O)O)C(C)O. The van der Waals surface area contributed by atoms with Gasteiger partial charge in [0, 0.05) is 6.42 Å². The van der Waals surface area contributed by atoms with Crippen LogP contribution in [0.1, 0.15) is 19.8 Å². The van der Waals surface area contributed by atoms with E-state index in [1.54, 1.807) is 6.92 Å².